The van der Waals surface area contributed by atoms with Gasteiger partial charge in [-0.15, -0.1) is 0 Å². The predicted molar refractivity (Wildman–Crippen MR) is 91.8 cm³/mol. The summed E-state index contributed by atoms with van der Waals surface area (Å²) in [6, 6.07) is 7.32. The molecule has 1 aromatic rings. The van der Waals surface area contributed by atoms with Gasteiger partial charge in [-0.3, -0.25) is 0 Å². The number of methoxy groups -OCH3 is 1. The standard InChI is InChI=1S/C18H25NO5/c1-18(2,3)24-17(21)19-12-6-5-7-14-8-10-15(11-9-14)23-13-16(20)22-4/h5,7-11H,6,12-13H2,1-4H3,(H,19,21). The zero-order valence-corrected chi connectivity index (χ0v) is 14.6. The van der Waals surface area contributed by atoms with Gasteiger partial charge in [0.15, 0.2) is 6.61 Å². The molecule has 0 aliphatic rings. The SMILES string of the molecule is COC(=O)COc1ccc(C=CCCNC(=O)OC(C)(C)C)cc1. The van der Waals surface area contributed by atoms with Crippen molar-refractivity contribution in [2.75, 3.05) is 20.3 Å². The van der Waals surface area contributed by atoms with E-state index >= 15 is 0 Å². The van der Waals surface area contributed by atoms with Crippen molar-refractivity contribution in [3.63, 3.8) is 0 Å². The first kappa shape index (κ1) is 19.5. The van der Waals surface area contributed by atoms with E-state index in [1.807, 2.05) is 45.1 Å². The van der Waals surface area contributed by atoms with Crippen LogP contribution in [-0.4, -0.2) is 37.9 Å². The van der Waals surface area contributed by atoms with Crippen molar-refractivity contribution in [2.24, 2.45) is 0 Å². The highest BCUT2D eigenvalue weighted by Crippen LogP contribution is 2.13. The summed E-state index contributed by atoms with van der Waals surface area (Å²) in [5.41, 5.74) is 0.509. The minimum atomic E-state index is -0.488. The maximum Gasteiger partial charge on any atom is 0.407 e. The first-order valence-corrected chi connectivity index (χ1v) is 7.73. The van der Waals surface area contributed by atoms with Crippen molar-refractivity contribution in [3.8, 4) is 5.75 Å². The third kappa shape index (κ3) is 8.82. The summed E-state index contributed by atoms with van der Waals surface area (Å²) in [7, 11) is 1.32. The number of ether oxygens (including phenoxy) is 3. The molecule has 0 heterocycles. The molecule has 132 valence electrons. The highest BCUT2D eigenvalue weighted by atomic mass is 16.6. The molecule has 24 heavy (non-hydrogen) atoms. The molecule has 1 aromatic carbocycles. The molecule has 0 bridgehead atoms. The molecule has 0 saturated carbocycles. The summed E-state index contributed by atoms with van der Waals surface area (Å²) in [6.07, 6.45) is 4.19. The Kier molecular flexibility index (Phi) is 7.82. The van der Waals surface area contributed by atoms with Gasteiger partial charge in [0, 0.05) is 6.54 Å². The van der Waals surface area contributed by atoms with E-state index in [1.165, 1.54) is 7.11 Å². The Morgan fingerprint density at radius 3 is 2.42 bits per heavy atom. The molecule has 0 saturated heterocycles. The second kappa shape index (κ2) is 9.60. The van der Waals surface area contributed by atoms with E-state index in [-0.39, 0.29) is 6.61 Å². The Hall–Kier alpha value is -2.50. The molecule has 0 atom stereocenters. The lowest BCUT2D eigenvalue weighted by Gasteiger charge is -2.19. The zero-order chi connectivity index (χ0) is 18.0. The van der Waals surface area contributed by atoms with Gasteiger partial charge in [-0.25, -0.2) is 9.59 Å². The Morgan fingerprint density at radius 1 is 1.17 bits per heavy atom. The topological polar surface area (TPSA) is 73.9 Å². The second-order valence-electron chi connectivity index (χ2n) is 6.05. The zero-order valence-electron chi connectivity index (χ0n) is 14.6. The van der Waals surface area contributed by atoms with Crippen molar-refractivity contribution in [1.29, 1.82) is 0 Å². The number of hydrogen-bond donors (Lipinski definition) is 1. The number of esters is 1. The van der Waals surface area contributed by atoms with E-state index in [9.17, 15) is 9.59 Å². The fraction of sp³-hybridized carbons (Fsp3) is 0.444. The molecule has 0 unspecified atom stereocenters. The van der Waals surface area contributed by atoms with E-state index in [4.69, 9.17) is 9.47 Å². The molecule has 1 amide bonds. The quantitative estimate of drug-likeness (QED) is 0.612. The van der Waals surface area contributed by atoms with Crippen LogP contribution < -0.4 is 10.1 Å². The Balaban J connectivity index is 2.30. The normalized spacial score (nSPS) is 11.2. The van der Waals surface area contributed by atoms with Gasteiger partial charge in [-0.2, -0.15) is 0 Å². The molecule has 0 aliphatic carbocycles. The van der Waals surface area contributed by atoms with Crippen LogP contribution in [0.1, 0.15) is 32.8 Å². The molecular weight excluding hydrogens is 310 g/mol. The van der Waals surface area contributed by atoms with Crippen LogP contribution >= 0.6 is 0 Å². The summed E-state index contributed by atoms with van der Waals surface area (Å²) in [5, 5.41) is 2.69. The van der Waals surface area contributed by atoms with Crippen LogP contribution in [0.3, 0.4) is 0 Å². The number of nitrogens with one attached hydrogen (secondary N) is 1. The lowest BCUT2D eigenvalue weighted by Crippen LogP contribution is -2.32. The minimum Gasteiger partial charge on any atom is -0.482 e. The summed E-state index contributed by atoms with van der Waals surface area (Å²) in [6.45, 7) is 5.87. The third-order valence-corrected chi connectivity index (χ3v) is 2.75. The second-order valence-corrected chi connectivity index (χ2v) is 6.05. The van der Waals surface area contributed by atoms with Crippen LogP contribution in [0.15, 0.2) is 30.3 Å². The smallest absolute Gasteiger partial charge is 0.407 e. The summed E-state index contributed by atoms with van der Waals surface area (Å²) >= 11 is 0. The molecule has 6 heteroatoms. The third-order valence-electron chi connectivity index (χ3n) is 2.75. The molecule has 0 aliphatic heterocycles. The van der Waals surface area contributed by atoms with Crippen molar-refractivity contribution in [1.82, 2.24) is 5.32 Å². The molecule has 0 aromatic heterocycles. The number of benzene rings is 1. The minimum absolute atomic E-state index is 0.109. The summed E-state index contributed by atoms with van der Waals surface area (Å²) in [5.74, 6) is 0.181. The van der Waals surface area contributed by atoms with E-state index in [1.54, 1.807) is 12.1 Å². The first-order valence-electron chi connectivity index (χ1n) is 7.73. The summed E-state index contributed by atoms with van der Waals surface area (Å²) < 4.78 is 14.9. The Labute approximate surface area is 142 Å². The van der Waals surface area contributed by atoms with E-state index < -0.39 is 17.7 Å². The fourth-order valence-corrected chi connectivity index (χ4v) is 1.67. The largest absolute Gasteiger partial charge is 0.482 e. The molecule has 0 spiro atoms. The van der Waals surface area contributed by atoms with Crippen LogP contribution in [0, 0.1) is 0 Å². The number of rotatable bonds is 7. The van der Waals surface area contributed by atoms with Gasteiger partial charge in [-0.05, 0) is 44.9 Å². The molecular formula is C18H25NO5. The van der Waals surface area contributed by atoms with Gasteiger partial charge < -0.3 is 19.5 Å². The van der Waals surface area contributed by atoms with Crippen LogP contribution in [-0.2, 0) is 14.3 Å². The Bertz CT molecular complexity index is 558. The number of carbonyl (C=O) groups excluding carboxylic acids is 2. The molecule has 1 rings (SSSR count). The highest BCUT2D eigenvalue weighted by Gasteiger charge is 2.15. The molecule has 0 fully saturated rings. The van der Waals surface area contributed by atoms with E-state index in [2.05, 4.69) is 10.1 Å². The van der Waals surface area contributed by atoms with Crippen molar-refractivity contribution in [3.05, 3.63) is 35.9 Å². The van der Waals surface area contributed by atoms with Crippen LogP contribution in [0.5, 0.6) is 5.75 Å². The van der Waals surface area contributed by atoms with E-state index in [0.29, 0.717) is 18.7 Å². The van der Waals surface area contributed by atoms with Gasteiger partial charge in [0.1, 0.15) is 11.4 Å². The average molecular weight is 335 g/mol. The lowest BCUT2D eigenvalue weighted by atomic mass is 10.2. The lowest BCUT2D eigenvalue weighted by molar-refractivity contribution is -0.142. The van der Waals surface area contributed by atoms with Crippen LogP contribution in [0.25, 0.3) is 6.08 Å². The average Bonchev–Trinajstić information content (AvgIpc) is 2.51. The van der Waals surface area contributed by atoms with Crippen molar-refractivity contribution in [2.45, 2.75) is 32.8 Å². The molecule has 0 radical (unpaired) electrons. The van der Waals surface area contributed by atoms with Gasteiger partial charge >= 0.3 is 12.1 Å². The van der Waals surface area contributed by atoms with Crippen LogP contribution in [0.4, 0.5) is 4.79 Å². The van der Waals surface area contributed by atoms with E-state index in [0.717, 1.165) is 5.56 Å². The van der Waals surface area contributed by atoms with Gasteiger partial charge in [0.2, 0.25) is 0 Å². The van der Waals surface area contributed by atoms with Gasteiger partial charge in [-0.1, -0.05) is 24.3 Å². The van der Waals surface area contributed by atoms with Crippen molar-refractivity contribution < 1.29 is 23.8 Å². The van der Waals surface area contributed by atoms with Crippen molar-refractivity contribution >= 4 is 18.1 Å². The monoisotopic (exact) mass is 335 g/mol. The number of alkyl carbamates (subject to hydrolysis) is 1. The maximum absolute atomic E-state index is 11.5. The summed E-state index contributed by atoms with van der Waals surface area (Å²) in [4.78, 5) is 22.4. The molecule has 1 N–H and O–H groups in total. The Morgan fingerprint density at radius 2 is 1.83 bits per heavy atom. The fourth-order valence-electron chi connectivity index (χ4n) is 1.67. The van der Waals surface area contributed by atoms with Gasteiger partial charge in [0.05, 0.1) is 7.11 Å². The maximum atomic E-state index is 11.5. The number of carbonyl (C=O) groups is 2. The first-order chi connectivity index (χ1) is 11.3. The highest BCUT2D eigenvalue weighted by molar-refractivity contribution is 5.70. The predicted octanol–water partition coefficient (Wildman–Crippen LogP) is 3.17. The van der Waals surface area contributed by atoms with Gasteiger partial charge in [0.25, 0.3) is 0 Å². The molecule has 6 nitrogen and oxygen atoms in total. The number of hydrogen-bond acceptors (Lipinski definition) is 5. The van der Waals surface area contributed by atoms with Crippen LogP contribution in [0.2, 0.25) is 0 Å². The number of amides is 1.